The molecule has 2 saturated heterocycles. The van der Waals surface area contributed by atoms with Gasteiger partial charge >= 0.3 is 0 Å². The Hall–Kier alpha value is -1.67. The van der Waals surface area contributed by atoms with Crippen LogP contribution in [0.5, 0.6) is 0 Å². The van der Waals surface area contributed by atoms with Gasteiger partial charge in [0.05, 0.1) is 25.4 Å². The van der Waals surface area contributed by atoms with Crippen LogP contribution in [0.25, 0.3) is 0 Å². The highest BCUT2D eigenvalue weighted by molar-refractivity contribution is 5.79. The fraction of sp³-hybridized carbons (Fsp3) is 0.720. The maximum absolute atomic E-state index is 10.8. The fourth-order valence-corrected chi connectivity index (χ4v) is 4.42. The van der Waals surface area contributed by atoms with Gasteiger partial charge in [0.1, 0.15) is 0 Å². The Morgan fingerprint density at radius 3 is 2.44 bits per heavy atom. The van der Waals surface area contributed by atoms with Gasteiger partial charge in [-0.1, -0.05) is 29.8 Å². The van der Waals surface area contributed by atoms with Gasteiger partial charge in [-0.3, -0.25) is 14.8 Å². The fourth-order valence-electron chi connectivity index (χ4n) is 4.42. The molecule has 1 unspecified atom stereocenters. The maximum Gasteiger partial charge on any atom is 0.191 e. The molecule has 0 saturated carbocycles. The van der Waals surface area contributed by atoms with E-state index in [-0.39, 0.29) is 0 Å². The Labute approximate surface area is 194 Å². The van der Waals surface area contributed by atoms with Crippen molar-refractivity contribution < 1.29 is 9.84 Å². The minimum Gasteiger partial charge on any atom is -0.387 e. The summed E-state index contributed by atoms with van der Waals surface area (Å²) >= 11 is 0. The zero-order chi connectivity index (χ0) is 22.8. The molecule has 2 heterocycles. The molecule has 0 aliphatic carbocycles. The molecule has 1 atom stereocenters. The zero-order valence-corrected chi connectivity index (χ0v) is 20.3. The summed E-state index contributed by atoms with van der Waals surface area (Å²) in [7, 11) is 0. The summed E-state index contributed by atoms with van der Waals surface area (Å²) in [5, 5.41) is 17.7. The van der Waals surface area contributed by atoms with Crippen molar-refractivity contribution in [2.24, 2.45) is 10.9 Å². The number of hydrogen-bond donors (Lipinski definition) is 3. The third-order valence-corrected chi connectivity index (χ3v) is 6.38. The molecule has 0 spiro atoms. The minimum atomic E-state index is -0.846. The molecule has 3 N–H and O–H groups in total. The van der Waals surface area contributed by atoms with E-state index < -0.39 is 5.60 Å². The number of piperidine rings is 1. The molecule has 7 nitrogen and oxygen atoms in total. The summed E-state index contributed by atoms with van der Waals surface area (Å²) in [5.41, 5.74) is 1.87. The number of ether oxygens (including phenoxy) is 1. The van der Waals surface area contributed by atoms with Crippen LogP contribution in [-0.2, 0) is 11.3 Å². The average molecular weight is 446 g/mol. The second kappa shape index (κ2) is 12.5. The third kappa shape index (κ3) is 8.70. The van der Waals surface area contributed by atoms with Crippen LogP contribution in [0.2, 0.25) is 0 Å². The molecule has 32 heavy (non-hydrogen) atoms. The summed E-state index contributed by atoms with van der Waals surface area (Å²) in [6, 6.07) is 8.89. The first-order valence-corrected chi connectivity index (χ1v) is 12.3. The van der Waals surface area contributed by atoms with Crippen molar-refractivity contribution in [1.29, 1.82) is 0 Å². The Bertz CT molecular complexity index is 693. The standard InChI is InChI=1S/C25H43N5O2/c1-4-26-24(28-19-25(3,31)20-30-13-15-32-16-14-30)27-17-22-9-11-29(12-10-22)18-23-7-5-21(2)6-8-23/h5-8,22,31H,4,9-20H2,1-3H3,(H2,26,27,28). The number of β-amino-alcohol motifs (C(OH)–C–C–N with tert-alkyl or cyclic N) is 1. The largest absolute Gasteiger partial charge is 0.387 e. The van der Waals surface area contributed by atoms with E-state index in [1.165, 1.54) is 24.0 Å². The summed E-state index contributed by atoms with van der Waals surface area (Å²) in [6.45, 7) is 15.4. The average Bonchev–Trinajstić information content (AvgIpc) is 2.79. The number of benzene rings is 1. The van der Waals surface area contributed by atoms with Gasteiger partial charge < -0.3 is 20.5 Å². The van der Waals surface area contributed by atoms with Crippen LogP contribution in [0, 0.1) is 12.8 Å². The van der Waals surface area contributed by atoms with Crippen molar-refractivity contribution in [2.45, 2.75) is 45.8 Å². The van der Waals surface area contributed by atoms with Crippen molar-refractivity contribution in [3.05, 3.63) is 35.4 Å². The lowest BCUT2D eigenvalue weighted by Crippen LogP contribution is -2.48. The molecule has 180 valence electrons. The summed E-state index contributed by atoms with van der Waals surface area (Å²) in [5.74, 6) is 1.46. The molecule has 7 heteroatoms. The van der Waals surface area contributed by atoms with Crippen molar-refractivity contribution in [2.75, 3.05) is 65.6 Å². The van der Waals surface area contributed by atoms with Crippen LogP contribution < -0.4 is 10.6 Å². The molecule has 0 amide bonds. The van der Waals surface area contributed by atoms with E-state index in [1.807, 2.05) is 6.92 Å². The van der Waals surface area contributed by atoms with Gasteiger partial charge in [0, 0.05) is 39.3 Å². The first-order valence-electron chi connectivity index (χ1n) is 12.3. The van der Waals surface area contributed by atoms with Gasteiger partial charge in [-0.15, -0.1) is 0 Å². The monoisotopic (exact) mass is 445 g/mol. The number of rotatable bonds is 9. The van der Waals surface area contributed by atoms with Crippen molar-refractivity contribution in [1.82, 2.24) is 20.4 Å². The number of nitrogens with zero attached hydrogens (tertiary/aromatic N) is 3. The van der Waals surface area contributed by atoms with Gasteiger partial charge in [0.15, 0.2) is 5.96 Å². The highest BCUT2D eigenvalue weighted by Gasteiger charge is 2.25. The highest BCUT2D eigenvalue weighted by atomic mass is 16.5. The summed E-state index contributed by atoms with van der Waals surface area (Å²) < 4.78 is 5.40. The molecule has 0 aromatic heterocycles. The topological polar surface area (TPSA) is 72.4 Å². The molecular weight excluding hydrogens is 402 g/mol. The predicted molar refractivity (Wildman–Crippen MR) is 131 cm³/mol. The lowest BCUT2D eigenvalue weighted by Gasteiger charge is -2.33. The van der Waals surface area contributed by atoms with Crippen LogP contribution in [0.4, 0.5) is 0 Å². The highest BCUT2D eigenvalue weighted by Crippen LogP contribution is 2.18. The van der Waals surface area contributed by atoms with E-state index >= 15 is 0 Å². The lowest BCUT2D eigenvalue weighted by atomic mass is 9.96. The number of aryl methyl sites for hydroxylation is 1. The number of aliphatic hydroxyl groups is 1. The van der Waals surface area contributed by atoms with Crippen LogP contribution in [0.1, 0.15) is 37.8 Å². The second-order valence-electron chi connectivity index (χ2n) is 9.67. The molecule has 2 fully saturated rings. The number of aliphatic imine (C=N–C) groups is 1. The predicted octanol–water partition coefficient (Wildman–Crippen LogP) is 1.85. The van der Waals surface area contributed by atoms with E-state index in [0.29, 0.717) is 19.0 Å². The van der Waals surface area contributed by atoms with Crippen molar-refractivity contribution in [3.8, 4) is 0 Å². The quantitative estimate of drug-likeness (QED) is 0.398. The van der Waals surface area contributed by atoms with Gasteiger partial charge in [-0.05, 0) is 58.2 Å². The number of morpholine rings is 1. The number of likely N-dealkylation sites (tertiary alicyclic amines) is 1. The third-order valence-electron chi connectivity index (χ3n) is 6.38. The molecule has 1 aromatic carbocycles. The summed E-state index contributed by atoms with van der Waals surface area (Å²) in [4.78, 5) is 9.50. The van der Waals surface area contributed by atoms with E-state index in [9.17, 15) is 5.11 Å². The SMILES string of the molecule is CCNC(=NCC(C)(O)CN1CCOCC1)NCC1CCN(Cc2ccc(C)cc2)CC1. The molecular formula is C25H43N5O2. The molecule has 2 aliphatic heterocycles. The molecule has 3 rings (SSSR count). The molecule has 1 aromatic rings. The van der Waals surface area contributed by atoms with E-state index in [1.54, 1.807) is 0 Å². The van der Waals surface area contributed by atoms with Crippen LogP contribution >= 0.6 is 0 Å². The number of hydrogen-bond acceptors (Lipinski definition) is 5. The van der Waals surface area contributed by atoms with Gasteiger partial charge in [-0.25, -0.2) is 0 Å². The summed E-state index contributed by atoms with van der Waals surface area (Å²) in [6.07, 6.45) is 2.40. The number of guanidine groups is 1. The van der Waals surface area contributed by atoms with Crippen LogP contribution in [0.3, 0.4) is 0 Å². The van der Waals surface area contributed by atoms with E-state index in [4.69, 9.17) is 4.74 Å². The minimum absolute atomic E-state index is 0.384. The first-order chi connectivity index (χ1) is 15.4. The van der Waals surface area contributed by atoms with Gasteiger partial charge in [0.2, 0.25) is 0 Å². The molecule has 0 radical (unpaired) electrons. The van der Waals surface area contributed by atoms with Gasteiger partial charge in [-0.2, -0.15) is 0 Å². The van der Waals surface area contributed by atoms with Crippen LogP contribution in [0.15, 0.2) is 29.3 Å². The lowest BCUT2D eigenvalue weighted by molar-refractivity contribution is -0.0180. The smallest absolute Gasteiger partial charge is 0.191 e. The van der Waals surface area contributed by atoms with Crippen molar-refractivity contribution in [3.63, 3.8) is 0 Å². The van der Waals surface area contributed by atoms with Crippen molar-refractivity contribution >= 4 is 5.96 Å². The second-order valence-corrected chi connectivity index (χ2v) is 9.67. The Morgan fingerprint density at radius 1 is 1.09 bits per heavy atom. The Kier molecular flexibility index (Phi) is 9.78. The maximum atomic E-state index is 10.8. The van der Waals surface area contributed by atoms with E-state index in [0.717, 1.165) is 65.0 Å². The molecule has 2 aliphatic rings. The Morgan fingerprint density at radius 2 is 1.78 bits per heavy atom. The zero-order valence-electron chi connectivity index (χ0n) is 20.3. The van der Waals surface area contributed by atoms with Gasteiger partial charge in [0.25, 0.3) is 0 Å². The number of nitrogens with one attached hydrogen (secondary N) is 2. The Balaban J connectivity index is 1.40. The van der Waals surface area contributed by atoms with E-state index in [2.05, 4.69) is 63.5 Å². The molecule has 0 bridgehead atoms. The first kappa shape index (κ1) is 25.0. The van der Waals surface area contributed by atoms with Crippen LogP contribution in [-0.4, -0.2) is 92.0 Å². The normalized spacial score (nSPS) is 21.3.